The Morgan fingerprint density at radius 1 is 1.05 bits per heavy atom. The largest absolute Gasteiger partial charge is 0.507 e. The third-order valence-electron chi connectivity index (χ3n) is 7.49. The fraction of sp³-hybridized carbons (Fsp3) is 0.500. The quantitative estimate of drug-likeness (QED) is 0.218. The standard InChI is InChI=1S/C20H18O7.C8H17NOS.C2H6.C2H4/c1-27-13-4-2-3-10-14(13)19(24)16-15(18(10)23)12(8-21)11-7-20(25,26)6-5-9(11)17(16)22;1-6-4-7(10-3)5-8(9-2)11-6;2*1-2/h2-4,21-22,25-26H,5-8H2,1H3;6-9H,4-5H2,1-3H3;1-2H3;1-2H2. The van der Waals surface area contributed by atoms with Gasteiger partial charge in [0.05, 0.1) is 36.3 Å². The Bertz CT molecular complexity index is 1250. The zero-order valence-corrected chi connectivity index (χ0v) is 26.3. The summed E-state index contributed by atoms with van der Waals surface area (Å²) in [5, 5.41) is 45.3. The molecule has 0 aromatic heterocycles. The molecule has 2 aromatic carbocycles. The van der Waals surface area contributed by atoms with Crippen molar-refractivity contribution in [3.05, 3.63) is 70.3 Å². The van der Waals surface area contributed by atoms with Gasteiger partial charge in [-0.15, -0.1) is 24.9 Å². The van der Waals surface area contributed by atoms with Crippen molar-refractivity contribution in [1.82, 2.24) is 5.32 Å². The summed E-state index contributed by atoms with van der Waals surface area (Å²) in [5.74, 6) is -3.20. The highest BCUT2D eigenvalue weighted by Crippen LogP contribution is 2.45. The first-order valence-electron chi connectivity index (χ1n) is 14.1. The van der Waals surface area contributed by atoms with Gasteiger partial charge in [-0.05, 0) is 49.1 Å². The molecule has 0 amide bonds. The second-order valence-electron chi connectivity index (χ2n) is 9.95. The summed E-state index contributed by atoms with van der Waals surface area (Å²) >= 11 is 2.01. The molecule has 0 bridgehead atoms. The van der Waals surface area contributed by atoms with Crippen LogP contribution in [0.25, 0.3) is 0 Å². The van der Waals surface area contributed by atoms with Crippen molar-refractivity contribution in [2.45, 2.75) is 82.0 Å². The van der Waals surface area contributed by atoms with Gasteiger partial charge in [-0.1, -0.05) is 32.9 Å². The molecule has 9 nitrogen and oxygen atoms in total. The second kappa shape index (κ2) is 15.7. The van der Waals surface area contributed by atoms with Crippen LogP contribution in [0, 0.1) is 0 Å². The van der Waals surface area contributed by atoms with E-state index in [4.69, 9.17) is 9.47 Å². The van der Waals surface area contributed by atoms with Gasteiger partial charge in [0.15, 0.2) is 11.6 Å². The van der Waals surface area contributed by atoms with Crippen LogP contribution in [0.3, 0.4) is 0 Å². The van der Waals surface area contributed by atoms with Crippen molar-refractivity contribution in [3.8, 4) is 11.5 Å². The summed E-state index contributed by atoms with van der Waals surface area (Å²) in [5.41, 5.74) is 0.757. The van der Waals surface area contributed by atoms with E-state index >= 15 is 0 Å². The highest BCUT2D eigenvalue weighted by molar-refractivity contribution is 8.00. The number of hydrogen-bond acceptors (Lipinski definition) is 10. The summed E-state index contributed by atoms with van der Waals surface area (Å²) in [6.45, 7) is 11.7. The minimum Gasteiger partial charge on any atom is -0.507 e. The van der Waals surface area contributed by atoms with E-state index in [1.807, 2.05) is 32.7 Å². The van der Waals surface area contributed by atoms with Gasteiger partial charge < -0.3 is 35.2 Å². The van der Waals surface area contributed by atoms with Gasteiger partial charge in [-0.25, -0.2) is 0 Å². The number of carbonyl (C=O) groups excluding carboxylic acids is 2. The molecular formula is C32H45NO8S. The Morgan fingerprint density at radius 3 is 2.29 bits per heavy atom. The SMILES string of the molecule is C=C.CC.CNC1CC(OC)CC(C)S1.COc1cccc2c1C(=O)c1c(O)c3c(c(CO)c1C2=O)CC(O)(O)CC3. The summed E-state index contributed by atoms with van der Waals surface area (Å²) in [7, 11) is 5.21. The van der Waals surface area contributed by atoms with E-state index < -0.39 is 24.0 Å². The lowest BCUT2D eigenvalue weighted by molar-refractivity contribution is -0.167. The third-order valence-corrected chi connectivity index (χ3v) is 8.91. The van der Waals surface area contributed by atoms with E-state index in [2.05, 4.69) is 25.4 Å². The molecule has 5 N–H and O–H groups in total. The Hall–Kier alpha value is -2.73. The zero-order valence-electron chi connectivity index (χ0n) is 25.5. The number of methoxy groups -OCH3 is 2. The van der Waals surface area contributed by atoms with Crippen LogP contribution >= 0.6 is 11.8 Å². The average molecular weight is 604 g/mol. The average Bonchev–Trinajstić information content (AvgIpc) is 3.00. The van der Waals surface area contributed by atoms with Crippen LogP contribution in [0.5, 0.6) is 11.5 Å². The molecule has 1 heterocycles. The zero-order chi connectivity index (χ0) is 31.8. The summed E-state index contributed by atoms with van der Waals surface area (Å²) in [4.78, 5) is 26.3. The summed E-state index contributed by atoms with van der Waals surface area (Å²) in [6, 6.07) is 4.63. The number of ether oxygens (including phenoxy) is 2. The number of aliphatic hydroxyl groups is 3. The lowest BCUT2D eigenvalue weighted by Crippen LogP contribution is -2.37. The van der Waals surface area contributed by atoms with E-state index in [1.54, 1.807) is 19.2 Å². The van der Waals surface area contributed by atoms with Gasteiger partial charge >= 0.3 is 0 Å². The molecule has 0 saturated carbocycles. The van der Waals surface area contributed by atoms with Crippen molar-refractivity contribution < 1.29 is 39.5 Å². The first-order chi connectivity index (χ1) is 20.1. The monoisotopic (exact) mass is 603 g/mol. The number of nitrogens with one attached hydrogen (secondary N) is 1. The van der Waals surface area contributed by atoms with Crippen LogP contribution in [0.15, 0.2) is 31.4 Å². The highest BCUT2D eigenvalue weighted by Gasteiger charge is 2.41. The van der Waals surface area contributed by atoms with E-state index in [9.17, 15) is 30.0 Å². The Morgan fingerprint density at radius 2 is 1.71 bits per heavy atom. The number of thioether (sulfide) groups is 1. The minimum atomic E-state index is -2.00. The van der Waals surface area contributed by atoms with Crippen LogP contribution in [0.2, 0.25) is 0 Å². The van der Waals surface area contributed by atoms with Gasteiger partial charge in [-0.3, -0.25) is 9.59 Å². The number of phenolic OH excluding ortho intramolecular Hbond substituents is 1. The molecule has 1 aliphatic heterocycles. The normalized spacial score (nSPS) is 21.5. The maximum atomic E-state index is 13.2. The number of rotatable bonds is 4. The van der Waals surface area contributed by atoms with Crippen molar-refractivity contribution in [1.29, 1.82) is 0 Å². The van der Waals surface area contributed by atoms with Gasteiger partial charge in [0.25, 0.3) is 0 Å². The molecule has 10 heteroatoms. The Balaban J connectivity index is 0.000000345. The number of ketones is 2. The van der Waals surface area contributed by atoms with Crippen LogP contribution in [0.4, 0.5) is 0 Å². The summed E-state index contributed by atoms with van der Waals surface area (Å²) in [6.07, 6.45) is 2.63. The molecule has 232 valence electrons. The molecule has 3 aliphatic rings. The molecule has 3 unspecified atom stereocenters. The molecular weight excluding hydrogens is 558 g/mol. The minimum absolute atomic E-state index is 0.0285. The van der Waals surface area contributed by atoms with E-state index in [-0.39, 0.29) is 58.6 Å². The van der Waals surface area contributed by atoms with E-state index in [0.29, 0.717) is 22.6 Å². The Kier molecular flexibility index (Phi) is 13.2. The van der Waals surface area contributed by atoms with Crippen LogP contribution in [-0.2, 0) is 24.2 Å². The molecule has 5 rings (SSSR count). The lowest BCUT2D eigenvalue weighted by atomic mass is 9.74. The predicted molar refractivity (Wildman–Crippen MR) is 166 cm³/mol. The topological polar surface area (TPSA) is 146 Å². The van der Waals surface area contributed by atoms with Crippen molar-refractivity contribution in [2.75, 3.05) is 21.3 Å². The smallest absolute Gasteiger partial charge is 0.201 e. The number of fused-ring (bicyclic) bond motifs is 3. The third kappa shape index (κ3) is 7.24. The van der Waals surface area contributed by atoms with Crippen LogP contribution in [-0.4, -0.2) is 75.8 Å². The van der Waals surface area contributed by atoms with Crippen molar-refractivity contribution in [2.24, 2.45) is 0 Å². The molecule has 3 atom stereocenters. The molecule has 1 fully saturated rings. The number of phenols is 1. The van der Waals surface area contributed by atoms with Crippen molar-refractivity contribution >= 4 is 23.3 Å². The first kappa shape index (κ1) is 35.5. The number of aliphatic hydroxyl groups excluding tert-OH is 1. The molecule has 2 aromatic rings. The van der Waals surface area contributed by atoms with Crippen LogP contribution < -0.4 is 10.1 Å². The van der Waals surface area contributed by atoms with Crippen LogP contribution in [0.1, 0.15) is 88.6 Å². The van der Waals surface area contributed by atoms with E-state index in [1.165, 1.54) is 19.6 Å². The van der Waals surface area contributed by atoms with Gasteiger partial charge in [-0.2, -0.15) is 0 Å². The maximum absolute atomic E-state index is 13.2. The maximum Gasteiger partial charge on any atom is 0.201 e. The lowest BCUT2D eigenvalue weighted by Gasteiger charge is -2.33. The summed E-state index contributed by atoms with van der Waals surface area (Å²) < 4.78 is 10.6. The number of hydrogen-bond donors (Lipinski definition) is 5. The fourth-order valence-corrected chi connectivity index (χ4v) is 6.93. The number of carbonyl (C=O) groups is 2. The predicted octanol–water partition coefficient (Wildman–Crippen LogP) is 4.13. The molecule has 42 heavy (non-hydrogen) atoms. The first-order valence-corrected chi connectivity index (χ1v) is 15.1. The van der Waals surface area contributed by atoms with Gasteiger partial charge in [0.1, 0.15) is 11.5 Å². The number of benzene rings is 2. The van der Waals surface area contributed by atoms with Gasteiger partial charge in [0.2, 0.25) is 5.78 Å². The molecule has 2 aliphatic carbocycles. The molecule has 0 radical (unpaired) electrons. The number of aromatic hydroxyl groups is 1. The second-order valence-corrected chi connectivity index (χ2v) is 11.6. The fourth-order valence-electron chi connectivity index (χ4n) is 5.58. The molecule has 0 spiro atoms. The van der Waals surface area contributed by atoms with Gasteiger partial charge in [0, 0.05) is 36.3 Å². The Labute approximate surface area is 252 Å². The highest BCUT2D eigenvalue weighted by atomic mass is 32.2. The van der Waals surface area contributed by atoms with E-state index in [0.717, 1.165) is 11.7 Å². The van der Waals surface area contributed by atoms with Crippen molar-refractivity contribution in [3.63, 3.8) is 0 Å². The molecule has 1 saturated heterocycles.